The molecule has 0 rings (SSSR count). The zero-order valence-electron chi connectivity index (χ0n) is 13.4. The van der Waals surface area contributed by atoms with Gasteiger partial charge < -0.3 is 21.1 Å². The zero-order valence-corrected chi connectivity index (χ0v) is 13.4. The summed E-state index contributed by atoms with van der Waals surface area (Å²) < 4.78 is 0. The van der Waals surface area contributed by atoms with E-state index in [4.69, 9.17) is 5.11 Å². The molecule has 21 heavy (non-hydrogen) atoms. The van der Waals surface area contributed by atoms with Crippen LogP contribution in [0.5, 0.6) is 0 Å². The molecule has 0 radical (unpaired) electrons. The normalized spacial score (nSPS) is 14.0. The predicted molar refractivity (Wildman–Crippen MR) is 79.9 cm³/mol. The van der Waals surface area contributed by atoms with Gasteiger partial charge in [0.1, 0.15) is 6.04 Å². The molecule has 0 spiro atoms. The minimum absolute atomic E-state index is 0.0443. The molecule has 0 heterocycles. The first-order valence-electron chi connectivity index (χ1n) is 7.16. The molecule has 0 saturated carbocycles. The highest BCUT2D eigenvalue weighted by Crippen LogP contribution is 2.05. The van der Waals surface area contributed by atoms with Crippen LogP contribution in [0.15, 0.2) is 0 Å². The van der Waals surface area contributed by atoms with Gasteiger partial charge in [-0.1, -0.05) is 13.3 Å². The van der Waals surface area contributed by atoms with Gasteiger partial charge in [0, 0.05) is 12.1 Å². The molecule has 0 aromatic heterocycles. The monoisotopic (exact) mass is 301 g/mol. The summed E-state index contributed by atoms with van der Waals surface area (Å²) in [6.45, 7) is 9.04. The first-order chi connectivity index (χ1) is 9.56. The fraction of sp³-hybridized carbons (Fsp3) is 0.786. The van der Waals surface area contributed by atoms with Crippen LogP contribution < -0.4 is 16.0 Å². The number of hydrogen-bond donors (Lipinski definition) is 4. The standard InChI is InChI=1S/C14H27N3O4/c1-6-7-10(12(19)20)8-15-13(21)16-9(2)11(18)17-14(3,4)5/h9-10H,6-8H2,1-5H3,(H,17,18)(H,19,20)(H2,15,16,21). The van der Waals surface area contributed by atoms with Gasteiger partial charge in [-0.05, 0) is 34.1 Å². The number of aliphatic carboxylic acids is 1. The summed E-state index contributed by atoms with van der Waals surface area (Å²) in [5, 5.41) is 16.7. The van der Waals surface area contributed by atoms with E-state index in [1.165, 1.54) is 0 Å². The van der Waals surface area contributed by atoms with Crippen molar-refractivity contribution < 1.29 is 19.5 Å². The average molecular weight is 301 g/mol. The van der Waals surface area contributed by atoms with Crippen molar-refractivity contribution in [2.45, 2.75) is 59.0 Å². The van der Waals surface area contributed by atoms with E-state index in [0.717, 1.165) is 6.42 Å². The lowest BCUT2D eigenvalue weighted by molar-refractivity contribution is -0.141. The van der Waals surface area contributed by atoms with E-state index in [0.29, 0.717) is 6.42 Å². The molecular weight excluding hydrogens is 274 g/mol. The van der Waals surface area contributed by atoms with Crippen molar-refractivity contribution in [2.24, 2.45) is 5.92 Å². The summed E-state index contributed by atoms with van der Waals surface area (Å²) >= 11 is 0. The maximum absolute atomic E-state index is 11.8. The number of rotatable bonds is 7. The van der Waals surface area contributed by atoms with Gasteiger partial charge in [-0.2, -0.15) is 0 Å². The molecule has 0 aliphatic carbocycles. The Labute approximate surface area is 125 Å². The molecule has 0 aromatic rings. The molecule has 0 bridgehead atoms. The second kappa shape index (κ2) is 8.49. The topological polar surface area (TPSA) is 108 Å². The SMILES string of the molecule is CCCC(CNC(=O)NC(C)C(=O)NC(C)(C)C)C(=O)O. The molecule has 0 saturated heterocycles. The molecule has 0 fully saturated rings. The smallest absolute Gasteiger partial charge is 0.315 e. The Balaban J connectivity index is 4.24. The Morgan fingerprint density at radius 2 is 1.76 bits per heavy atom. The van der Waals surface area contributed by atoms with E-state index in [2.05, 4.69) is 16.0 Å². The van der Waals surface area contributed by atoms with Gasteiger partial charge in [0.2, 0.25) is 5.91 Å². The van der Waals surface area contributed by atoms with Crippen molar-refractivity contribution in [1.82, 2.24) is 16.0 Å². The van der Waals surface area contributed by atoms with Gasteiger partial charge in [-0.25, -0.2) is 4.79 Å². The minimum Gasteiger partial charge on any atom is -0.481 e. The lowest BCUT2D eigenvalue weighted by Crippen LogP contribution is -2.53. The predicted octanol–water partition coefficient (Wildman–Crippen LogP) is 1.09. The summed E-state index contributed by atoms with van der Waals surface area (Å²) in [5.74, 6) is -1.84. The number of carbonyl (C=O) groups is 3. The molecule has 0 aliphatic heterocycles. The number of carboxylic acids is 1. The van der Waals surface area contributed by atoms with Crippen LogP contribution >= 0.6 is 0 Å². The fourth-order valence-electron chi connectivity index (χ4n) is 1.67. The van der Waals surface area contributed by atoms with E-state index in [9.17, 15) is 14.4 Å². The molecule has 3 amide bonds. The molecule has 4 N–H and O–H groups in total. The summed E-state index contributed by atoms with van der Waals surface area (Å²) in [7, 11) is 0. The second-order valence-corrected chi connectivity index (χ2v) is 6.14. The maximum atomic E-state index is 11.8. The third-order valence-electron chi connectivity index (χ3n) is 2.73. The van der Waals surface area contributed by atoms with Crippen LogP contribution in [0, 0.1) is 5.92 Å². The molecular formula is C14H27N3O4. The number of amides is 3. The molecule has 0 aromatic carbocycles. The van der Waals surface area contributed by atoms with E-state index >= 15 is 0 Å². The summed E-state index contributed by atoms with van der Waals surface area (Å²) in [6.07, 6.45) is 1.22. The molecule has 0 aliphatic rings. The van der Waals surface area contributed by atoms with Crippen LogP contribution in [0.4, 0.5) is 4.79 Å². The highest BCUT2D eigenvalue weighted by atomic mass is 16.4. The number of carbonyl (C=O) groups excluding carboxylic acids is 2. The van der Waals surface area contributed by atoms with Crippen molar-refractivity contribution in [2.75, 3.05) is 6.54 Å². The Morgan fingerprint density at radius 3 is 2.19 bits per heavy atom. The first kappa shape index (κ1) is 19.2. The molecule has 7 nitrogen and oxygen atoms in total. The zero-order chi connectivity index (χ0) is 16.6. The lowest BCUT2D eigenvalue weighted by atomic mass is 10.0. The number of carboxylic acid groups (broad SMARTS) is 1. The van der Waals surface area contributed by atoms with E-state index in [1.54, 1.807) is 6.92 Å². The van der Waals surface area contributed by atoms with Crippen LogP contribution in [0.25, 0.3) is 0 Å². The maximum Gasteiger partial charge on any atom is 0.315 e. The van der Waals surface area contributed by atoms with E-state index in [-0.39, 0.29) is 18.0 Å². The highest BCUT2D eigenvalue weighted by Gasteiger charge is 2.22. The number of hydrogen-bond acceptors (Lipinski definition) is 3. The number of nitrogens with one attached hydrogen (secondary N) is 3. The van der Waals surface area contributed by atoms with E-state index < -0.39 is 24.0 Å². The van der Waals surface area contributed by atoms with Gasteiger partial charge >= 0.3 is 12.0 Å². The first-order valence-corrected chi connectivity index (χ1v) is 7.16. The lowest BCUT2D eigenvalue weighted by Gasteiger charge is -2.24. The highest BCUT2D eigenvalue weighted by molar-refractivity contribution is 5.87. The molecule has 7 heteroatoms. The Kier molecular flexibility index (Phi) is 7.76. The summed E-state index contributed by atoms with van der Waals surface area (Å²) in [5.41, 5.74) is -0.376. The van der Waals surface area contributed by atoms with Crippen LogP contribution in [0.3, 0.4) is 0 Å². The Morgan fingerprint density at radius 1 is 1.19 bits per heavy atom. The Hall–Kier alpha value is -1.79. The van der Waals surface area contributed by atoms with Gasteiger partial charge in [0.15, 0.2) is 0 Å². The molecule has 2 unspecified atom stereocenters. The average Bonchev–Trinajstić information content (AvgIpc) is 2.31. The molecule has 122 valence electrons. The van der Waals surface area contributed by atoms with Crippen molar-refractivity contribution >= 4 is 17.9 Å². The van der Waals surface area contributed by atoms with Gasteiger partial charge in [-0.3, -0.25) is 9.59 Å². The Bertz CT molecular complexity index is 377. The summed E-state index contributed by atoms with van der Waals surface area (Å²) in [6, 6.07) is -1.24. The quantitative estimate of drug-likeness (QED) is 0.564. The van der Waals surface area contributed by atoms with E-state index in [1.807, 2.05) is 27.7 Å². The van der Waals surface area contributed by atoms with Gasteiger partial charge in [0.25, 0.3) is 0 Å². The van der Waals surface area contributed by atoms with Crippen molar-refractivity contribution in [1.29, 1.82) is 0 Å². The van der Waals surface area contributed by atoms with Gasteiger partial charge in [-0.15, -0.1) is 0 Å². The third kappa shape index (κ3) is 8.88. The summed E-state index contributed by atoms with van der Waals surface area (Å²) in [4.78, 5) is 34.4. The van der Waals surface area contributed by atoms with Crippen LogP contribution in [0.2, 0.25) is 0 Å². The van der Waals surface area contributed by atoms with Crippen LogP contribution in [-0.4, -0.2) is 41.1 Å². The van der Waals surface area contributed by atoms with Crippen molar-refractivity contribution in [3.05, 3.63) is 0 Å². The molecule has 2 atom stereocenters. The third-order valence-corrected chi connectivity index (χ3v) is 2.73. The second-order valence-electron chi connectivity index (χ2n) is 6.14. The fourth-order valence-corrected chi connectivity index (χ4v) is 1.67. The largest absolute Gasteiger partial charge is 0.481 e. The minimum atomic E-state index is -0.935. The van der Waals surface area contributed by atoms with Crippen molar-refractivity contribution in [3.63, 3.8) is 0 Å². The van der Waals surface area contributed by atoms with Crippen LogP contribution in [-0.2, 0) is 9.59 Å². The van der Waals surface area contributed by atoms with Gasteiger partial charge in [0.05, 0.1) is 5.92 Å². The van der Waals surface area contributed by atoms with Crippen LogP contribution in [0.1, 0.15) is 47.5 Å². The number of urea groups is 1. The van der Waals surface area contributed by atoms with Crippen molar-refractivity contribution in [3.8, 4) is 0 Å².